The Labute approximate surface area is 146 Å². The Morgan fingerprint density at radius 2 is 1.88 bits per heavy atom. The van der Waals surface area contributed by atoms with Gasteiger partial charge < -0.3 is 9.15 Å². The van der Waals surface area contributed by atoms with Crippen LogP contribution in [0.5, 0.6) is 5.75 Å². The topological polar surface area (TPSA) is 48.2 Å². The van der Waals surface area contributed by atoms with Crippen molar-refractivity contribution in [2.24, 2.45) is 0 Å². The van der Waals surface area contributed by atoms with E-state index in [0.29, 0.717) is 11.1 Å². The first-order valence-corrected chi connectivity index (χ1v) is 8.88. The molecule has 0 radical (unpaired) electrons. The molecule has 0 unspecified atom stereocenters. The van der Waals surface area contributed by atoms with E-state index in [9.17, 15) is 0 Å². The lowest BCUT2D eigenvalue weighted by atomic mass is 10.1. The fraction of sp³-hybridized carbons (Fsp3) is 0.263. The molecular formula is C19H20N2O2S. The molecule has 0 aliphatic rings. The third-order valence-corrected chi connectivity index (χ3v) is 4.42. The summed E-state index contributed by atoms with van der Waals surface area (Å²) in [4.78, 5) is 0. The highest BCUT2D eigenvalue weighted by Gasteiger charge is 2.08. The van der Waals surface area contributed by atoms with Crippen molar-refractivity contribution >= 4 is 11.8 Å². The first kappa shape index (κ1) is 16.6. The molecule has 3 aromatic rings. The van der Waals surface area contributed by atoms with Crippen LogP contribution in [0.3, 0.4) is 0 Å². The van der Waals surface area contributed by atoms with Crippen molar-refractivity contribution in [3.8, 4) is 5.75 Å². The molecule has 3 rings (SSSR count). The Morgan fingerprint density at radius 3 is 2.71 bits per heavy atom. The van der Waals surface area contributed by atoms with Gasteiger partial charge >= 0.3 is 0 Å². The van der Waals surface area contributed by atoms with Crippen molar-refractivity contribution in [3.05, 3.63) is 71.1 Å². The van der Waals surface area contributed by atoms with E-state index in [0.717, 1.165) is 23.5 Å². The molecule has 0 spiro atoms. The highest BCUT2D eigenvalue weighted by molar-refractivity contribution is 7.99. The maximum absolute atomic E-state index is 5.79. The van der Waals surface area contributed by atoms with Crippen molar-refractivity contribution in [1.82, 2.24) is 10.2 Å². The summed E-state index contributed by atoms with van der Waals surface area (Å²) >= 11 is 1.57. The fourth-order valence-electron chi connectivity index (χ4n) is 2.26. The zero-order valence-corrected chi connectivity index (χ0v) is 14.7. The third-order valence-electron chi connectivity index (χ3n) is 3.60. The number of ether oxygens (including phenoxy) is 1. The van der Waals surface area contributed by atoms with Gasteiger partial charge in [0, 0.05) is 5.75 Å². The summed E-state index contributed by atoms with van der Waals surface area (Å²) in [6.07, 6.45) is 0.974. The van der Waals surface area contributed by atoms with Crippen LogP contribution in [0.2, 0.25) is 0 Å². The van der Waals surface area contributed by atoms with Gasteiger partial charge in [0.25, 0.3) is 11.1 Å². The van der Waals surface area contributed by atoms with Gasteiger partial charge in [-0.15, -0.1) is 10.2 Å². The van der Waals surface area contributed by atoms with Crippen LogP contribution < -0.4 is 4.74 Å². The molecule has 0 aliphatic carbocycles. The molecule has 0 amide bonds. The van der Waals surface area contributed by atoms with Crippen LogP contribution in [0.4, 0.5) is 0 Å². The minimum Gasteiger partial charge on any atom is -0.484 e. The normalized spacial score (nSPS) is 10.8. The van der Waals surface area contributed by atoms with Crippen LogP contribution in [-0.4, -0.2) is 16.0 Å². The summed E-state index contributed by atoms with van der Waals surface area (Å²) in [5.74, 6) is 2.26. The smallest absolute Gasteiger partial charge is 0.276 e. The Morgan fingerprint density at radius 1 is 1.04 bits per heavy atom. The molecule has 2 aromatic carbocycles. The van der Waals surface area contributed by atoms with Gasteiger partial charge in [-0.25, -0.2) is 0 Å². The van der Waals surface area contributed by atoms with Crippen LogP contribution in [0.15, 0.2) is 58.2 Å². The number of aryl methyl sites for hydroxylation is 3. The number of hydrogen-bond donors (Lipinski definition) is 0. The van der Waals surface area contributed by atoms with Crippen molar-refractivity contribution < 1.29 is 9.15 Å². The Balaban J connectivity index is 1.49. The maximum atomic E-state index is 5.79. The van der Waals surface area contributed by atoms with Crippen molar-refractivity contribution in [2.75, 3.05) is 5.75 Å². The van der Waals surface area contributed by atoms with E-state index in [1.54, 1.807) is 11.8 Å². The first-order valence-electron chi connectivity index (χ1n) is 7.90. The van der Waals surface area contributed by atoms with E-state index >= 15 is 0 Å². The number of rotatable bonds is 7. The molecule has 0 aliphatic heterocycles. The summed E-state index contributed by atoms with van der Waals surface area (Å²) in [6.45, 7) is 4.35. The average molecular weight is 340 g/mol. The zero-order valence-electron chi connectivity index (χ0n) is 13.9. The SMILES string of the molecule is Cc1ccc(C)c(OCc2nnc(SCCc3ccccc3)o2)c1. The molecule has 0 saturated heterocycles. The summed E-state index contributed by atoms with van der Waals surface area (Å²) in [5.41, 5.74) is 3.57. The molecule has 0 atom stereocenters. The number of hydrogen-bond acceptors (Lipinski definition) is 5. The van der Waals surface area contributed by atoms with Gasteiger partial charge in [-0.1, -0.05) is 54.2 Å². The summed E-state index contributed by atoms with van der Waals surface area (Å²) in [7, 11) is 0. The minimum atomic E-state index is 0.288. The van der Waals surface area contributed by atoms with Crippen molar-refractivity contribution in [2.45, 2.75) is 32.1 Å². The van der Waals surface area contributed by atoms with Crippen LogP contribution in [0, 0.1) is 13.8 Å². The quantitative estimate of drug-likeness (QED) is 0.588. The molecular weight excluding hydrogens is 320 g/mol. The minimum absolute atomic E-state index is 0.288. The standard InChI is InChI=1S/C19H20N2O2S/c1-14-8-9-15(2)17(12-14)22-13-18-20-21-19(23-18)24-11-10-16-6-4-3-5-7-16/h3-9,12H,10-11,13H2,1-2H3. The van der Waals surface area contributed by atoms with Gasteiger partial charge in [-0.2, -0.15) is 0 Å². The second-order valence-corrected chi connectivity index (χ2v) is 6.65. The van der Waals surface area contributed by atoms with Gasteiger partial charge in [0.05, 0.1) is 0 Å². The number of thioether (sulfide) groups is 1. The number of aromatic nitrogens is 2. The maximum Gasteiger partial charge on any atom is 0.276 e. The number of nitrogens with zero attached hydrogens (tertiary/aromatic N) is 2. The van der Waals surface area contributed by atoms with Crippen molar-refractivity contribution in [3.63, 3.8) is 0 Å². The van der Waals surface area contributed by atoms with Crippen LogP contribution in [0.25, 0.3) is 0 Å². The van der Waals surface area contributed by atoms with E-state index in [4.69, 9.17) is 9.15 Å². The number of benzene rings is 2. The molecule has 0 N–H and O–H groups in total. The van der Waals surface area contributed by atoms with Gasteiger partial charge in [-0.05, 0) is 43.0 Å². The highest BCUT2D eigenvalue weighted by Crippen LogP contribution is 2.22. The van der Waals surface area contributed by atoms with Crippen molar-refractivity contribution in [1.29, 1.82) is 0 Å². The highest BCUT2D eigenvalue weighted by atomic mass is 32.2. The van der Waals surface area contributed by atoms with Gasteiger partial charge in [0.15, 0.2) is 6.61 Å². The van der Waals surface area contributed by atoms with Gasteiger partial charge in [0.2, 0.25) is 0 Å². The van der Waals surface area contributed by atoms with Crippen LogP contribution in [0.1, 0.15) is 22.6 Å². The first-order chi connectivity index (χ1) is 11.7. The largest absolute Gasteiger partial charge is 0.484 e. The van der Waals surface area contributed by atoms with Gasteiger partial charge in [-0.3, -0.25) is 0 Å². The lowest BCUT2D eigenvalue weighted by molar-refractivity contribution is 0.250. The molecule has 0 bridgehead atoms. The average Bonchev–Trinajstić information content (AvgIpc) is 3.04. The van der Waals surface area contributed by atoms with Crippen LogP contribution >= 0.6 is 11.8 Å². The van der Waals surface area contributed by atoms with E-state index in [1.807, 2.05) is 32.0 Å². The summed E-state index contributed by atoms with van der Waals surface area (Å²) in [5, 5.41) is 8.70. The van der Waals surface area contributed by atoms with Crippen LogP contribution in [-0.2, 0) is 13.0 Å². The van der Waals surface area contributed by atoms with Gasteiger partial charge in [0.1, 0.15) is 5.75 Å². The van der Waals surface area contributed by atoms with E-state index < -0.39 is 0 Å². The second kappa shape index (κ2) is 8.02. The Bertz CT molecular complexity index is 787. The molecule has 0 saturated carbocycles. The van der Waals surface area contributed by atoms with E-state index in [2.05, 4.69) is 40.5 Å². The molecule has 5 heteroatoms. The predicted molar refractivity (Wildman–Crippen MR) is 95.4 cm³/mol. The molecule has 124 valence electrons. The third kappa shape index (κ3) is 4.61. The van der Waals surface area contributed by atoms with E-state index in [1.165, 1.54) is 11.1 Å². The second-order valence-electron chi connectivity index (χ2n) is 5.60. The molecule has 1 aromatic heterocycles. The predicted octanol–water partition coefficient (Wildman–Crippen LogP) is 4.60. The summed E-state index contributed by atoms with van der Waals surface area (Å²) in [6, 6.07) is 16.5. The van der Waals surface area contributed by atoms with E-state index in [-0.39, 0.29) is 6.61 Å². The monoisotopic (exact) mass is 340 g/mol. The Kier molecular flexibility index (Phi) is 5.54. The molecule has 0 fully saturated rings. The lowest BCUT2D eigenvalue weighted by Gasteiger charge is -2.07. The zero-order chi connectivity index (χ0) is 16.8. The Hall–Kier alpha value is -2.27. The molecule has 24 heavy (non-hydrogen) atoms. The fourth-order valence-corrected chi connectivity index (χ4v) is 3.02. The molecule has 4 nitrogen and oxygen atoms in total. The lowest BCUT2D eigenvalue weighted by Crippen LogP contribution is -1.97. The molecule has 1 heterocycles. The summed E-state index contributed by atoms with van der Waals surface area (Å²) < 4.78 is 11.4.